The molecule has 2 nitrogen and oxygen atoms in total. The average Bonchev–Trinajstić information content (AvgIpc) is 3.77. The van der Waals surface area contributed by atoms with Crippen molar-refractivity contribution in [2.45, 2.75) is 47.0 Å². The van der Waals surface area contributed by atoms with Gasteiger partial charge in [-0.3, -0.25) is 0 Å². The third-order valence-electron chi connectivity index (χ3n) is 11.6. The smallest absolute Gasteiger partial charge is 0.0541 e. The zero-order valence-electron chi connectivity index (χ0n) is 33.3. The molecule has 2 heteroatoms. The van der Waals surface area contributed by atoms with Crippen LogP contribution in [0.3, 0.4) is 0 Å². The fourth-order valence-corrected chi connectivity index (χ4v) is 8.56. The summed E-state index contributed by atoms with van der Waals surface area (Å²) in [4.78, 5) is 0. The van der Waals surface area contributed by atoms with Gasteiger partial charge in [0.15, 0.2) is 0 Å². The number of hydrogen-bond acceptors (Lipinski definition) is 0. The van der Waals surface area contributed by atoms with E-state index in [1.54, 1.807) is 0 Å². The maximum atomic E-state index is 2.43. The molecule has 278 valence electrons. The van der Waals surface area contributed by atoms with Crippen LogP contribution >= 0.6 is 0 Å². The molecule has 8 aromatic rings. The van der Waals surface area contributed by atoms with E-state index in [9.17, 15) is 0 Å². The highest BCUT2D eigenvalue weighted by atomic mass is 15.0. The Hall–Kier alpha value is -6.64. The molecule has 9 rings (SSSR count). The lowest BCUT2D eigenvalue weighted by Crippen LogP contribution is -1.97. The third-order valence-corrected chi connectivity index (χ3v) is 11.6. The quantitative estimate of drug-likeness (QED) is 0.138. The van der Waals surface area contributed by atoms with E-state index >= 15 is 0 Å². The Morgan fingerprint density at radius 3 is 1.65 bits per heavy atom. The minimum absolute atomic E-state index is 0.991. The van der Waals surface area contributed by atoms with Gasteiger partial charge in [0.2, 0.25) is 0 Å². The number of nitrogens with zero attached hydrogens (tertiary/aromatic N) is 2. The second-order valence-corrected chi connectivity index (χ2v) is 15.3. The molecule has 1 aliphatic carbocycles. The van der Waals surface area contributed by atoms with Crippen LogP contribution in [0.15, 0.2) is 204 Å². The van der Waals surface area contributed by atoms with Gasteiger partial charge in [-0.05, 0) is 134 Å². The molecule has 0 spiro atoms. The number of rotatable bonds is 8. The minimum atomic E-state index is 0.991. The van der Waals surface area contributed by atoms with Crippen LogP contribution in [0.2, 0.25) is 0 Å². The van der Waals surface area contributed by atoms with Gasteiger partial charge < -0.3 is 9.13 Å². The van der Waals surface area contributed by atoms with Crippen molar-refractivity contribution in [1.82, 2.24) is 9.13 Å². The van der Waals surface area contributed by atoms with Crippen molar-refractivity contribution in [1.29, 1.82) is 0 Å². The molecule has 6 aromatic carbocycles. The fourth-order valence-electron chi connectivity index (χ4n) is 8.56. The largest absolute Gasteiger partial charge is 0.309 e. The van der Waals surface area contributed by atoms with E-state index in [2.05, 4.69) is 219 Å². The van der Waals surface area contributed by atoms with Crippen molar-refractivity contribution in [2.24, 2.45) is 0 Å². The predicted octanol–water partition coefficient (Wildman–Crippen LogP) is 15.3. The van der Waals surface area contributed by atoms with Crippen molar-refractivity contribution < 1.29 is 0 Å². The highest BCUT2D eigenvalue weighted by Crippen LogP contribution is 2.36. The molecule has 0 unspecified atom stereocenters. The summed E-state index contributed by atoms with van der Waals surface area (Å²) in [5, 5.41) is 5.10. The molecular weight excluding hydrogens is 689 g/mol. The molecule has 0 saturated heterocycles. The summed E-state index contributed by atoms with van der Waals surface area (Å²) < 4.78 is 4.82. The first-order valence-corrected chi connectivity index (χ1v) is 20.3. The van der Waals surface area contributed by atoms with Crippen molar-refractivity contribution in [3.8, 4) is 11.4 Å². The molecule has 0 bridgehead atoms. The number of hydrogen-bond donors (Lipinski definition) is 0. The highest BCUT2D eigenvalue weighted by molar-refractivity contribution is 6.10. The van der Waals surface area contributed by atoms with E-state index in [0.717, 1.165) is 24.9 Å². The lowest BCUT2D eigenvalue weighted by atomic mass is 9.90. The second kappa shape index (κ2) is 15.5. The first-order chi connectivity index (χ1) is 28.0. The van der Waals surface area contributed by atoms with Gasteiger partial charge in [-0.15, -0.1) is 0 Å². The number of fused-ring (bicyclic) bond motifs is 6. The first-order valence-electron chi connectivity index (χ1n) is 20.3. The van der Waals surface area contributed by atoms with Crippen LogP contribution in [0.4, 0.5) is 0 Å². The van der Waals surface area contributed by atoms with Crippen molar-refractivity contribution in [2.75, 3.05) is 0 Å². The minimum Gasteiger partial charge on any atom is -0.309 e. The van der Waals surface area contributed by atoms with E-state index in [-0.39, 0.29) is 0 Å². The van der Waals surface area contributed by atoms with Gasteiger partial charge >= 0.3 is 0 Å². The highest BCUT2D eigenvalue weighted by Gasteiger charge is 2.16. The van der Waals surface area contributed by atoms with Gasteiger partial charge in [-0.2, -0.15) is 0 Å². The molecule has 2 aromatic heterocycles. The van der Waals surface area contributed by atoms with E-state index in [1.807, 2.05) is 0 Å². The Balaban J connectivity index is 1.15. The summed E-state index contributed by atoms with van der Waals surface area (Å²) in [7, 11) is 0. The zero-order valence-corrected chi connectivity index (χ0v) is 33.3. The Morgan fingerprint density at radius 2 is 1.11 bits per heavy atom. The van der Waals surface area contributed by atoms with Crippen molar-refractivity contribution >= 4 is 54.8 Å². The molecule has 2 heterocycles. The van der Waals surface area contributed by atoms with Crippen molar-refractivity contribution in [3.05, 3.63) is 215 Å². The topological polar surface area (TPSA) is 9.86 Å². The zero-order chi connectivity index (χ0) is 38.9. The predicted molar refractivity (Wildman–Crippen MR) is 246 cm³/mol. The summed E-state index contributed by atoms with van der Waals surface area (Å²) in [5.74, 6) is 0. The molecule has 0 aliphatic heterocycles. The summed E-state index contributed by atoms with van der Waals surface area (Å²) in [6, 6.07) is 53.1. The van der Waals surface area contributed by atoms with Crippen LogP contribution < -0.4 is 0 Å². The van der Waals surface area contributed by atoms with E-state index in [4.69, 9.17) is 0 Å². The van der Waals surface area contributed by atoms with Gasteiger partial charge in [0.25, 0.3) is 0 Å². The Bertz CT molecular complexity index is 2910. The Morgan fingerprint density at radius 1 is 0.579 bits per heavy atom. The van der Waals surface area contributed by atoms with Crippen LogP contribution in [0.25, 0.3) is 66.1 Å². The molecule has 0 saturated carbocycles. The monoisotopic (exact) mass is 736 g/mol. The molecular formula is C55H48N2. The lowest BCUT2D eigenvalue weighted by molar-refractivity contribution is 0.974. The number of para-hydroxylation sites is 4. The maximum absolute atomic E-state index is 2.43. The van der Waals surface area contributed by atoms with Crippen molar-refractivity contribution in [3.63, 3.8) is 0 Å². The summed E-state index contributed by atoms with van der Waals surface area (Å²) in [5.41, 5.74) is 17.3. The Labute approximate surface area is 336 Å². The molecule has 0 atom stereocenters. The van der Waals surface area contributed by atoms with E-state index < -0.39 is 0 Å². The first kappa shape index (κ1) is 36.0. The van der Waals surface area contributed by atoms with Crippen LogP contribution in [0.1, 0.15) is 58.1 Å². The van der Waals surface area contributed by atoms with Gasteiger partial charge in [0, 0.05) is 32.9 Å². The van der Waals surface area contributed by atoms with Gasteiger partial charge in [-0.1, -0.05) is 139 Å². The molecule has 0 amide bonds. The average molecular weight is 737 g/mol. The normalized spacial score (nSPS) is 14.5. The lowest BCUT2D eigenvalue weighted by Gasteiger charge is -2.16. The summed E-state index contributed by atoms with van der Waals surface area (Å²) in [6.45, 7) is 8.92. The molecule has 0 N–H and O–H groups in total. The van der Waals surface area contributed by atoms with Gasteiger partial charge in [0.1, 0.15) is 0 Å². The van der Waals surface area contributed by atoms with Crippen LogP contribution in [0, 0.1) is 0 Å². The summed E-state index contributed by atoms with van der Waals surface area (Å²) >= 11 is 0. The second-order valence-electron chi connectivity index (χ2n) is 15.3. The van der Waals surface area contributed by atoms with Gasteiger partial charge in [-0.25, -0.2) is 0 Å². The number of benzene rings is 6. The van der Waals surface area contributed by atoms with Crippen LogP contribution in [0.5, 0.6) is 0 Å². The molecule has 57 heavy (non-hydrogen) atoms. The maximum Gasteiger partial charge on any atom is 0.0541 e. The standard InChI is InChI=1S/C55H48N2/c1-5-38(3)32-44(34-40(6-2)42-20-16-22-46(36-42)56-52-28-11-7-24-48(52)49-25-8-12-29-53(49)56)45-33-39(4)18-15-19-41(35-45)43-21-17-23-47(37-43)57-54-30-13-9-26-50(54)51-27-10-14-31-55(51)57/h6-14,16-17,19-37H,5,15,18H2,1-4H3. The number of allylic oxidation sites excluding steroid dienone is 12. The molecule has 0 fully saturated rings. The Kier molecular flexibility index (Phi) is 9.78. The van der Waals surface area contributed by atoms with Crippen LogP contribution in [-0.4, -0.2) is 9.13 Å². The van der Waals surface area contributed by atoms with Crippen LogP contribution in [-0.2, 0) is 0 Å². The SMILES string of the molecule is CC=C(C=C(C=C(C)CC)C1=CC(c2cccc(-n3c4ccccc4c4ccccc43)c2)=CCCC(C)=C1)c1cccc(-n2c3ccccc3c3ccccc32)c1. The van der Waals surface area contributed by atoms with Gasteiger partial charge in [0.05, 0.1) is 22.1 Å². The molecule has 1 aliphatic rings. The fraction of sp³-hybridized carbons (Fsp3) is 0.127. The van der Waals surface area contributed by atoms with E-state index in [1.165, 1.54) is 93.9 Å². The number of aromatic nitrogens is 2. The summed E-state index contributed by atoms with van der Waals surface area (Å²) in [6.07, 6.45) is 17.3. The molecule has 0 radical (unpaired) electrons. The third kappa shape index (κ3) is 6.83. The van der Waals surface area contributed by atoms with E-state index in [0.29, 0.717) is 0 Å².